The lowest BCUT2D eigenvalue weighted by Crippen LogP contribution is -2.25. The van der Waals surface area contributed by atoms with Crippen molar-refractivity contribution in [3.05, 3.63) is 76.9 Å². The van der Waals surface area contributed by atoms with Gasteiger partial charge in [-0.15, -0.1) is 0 Å². The zero-order valence-corrected chi connectivity index (χ0v) is 16.1. The van der Waals surface area contributed by atoms with Gasteiger partial charge in [0.15, 0.2) is 0 Å². The standard InChI is InChI=1S/C23H26O4/c1-4-8-19-11-13-21(14-12-19)16-22(15-20-9-6-5-7-10-20)23(26-17(2)24)27-18(3)25/h5-7,9-14,16,23H,4,8,15H2,1-3H3/b22-16+. The number of carbonyl (C=O) groups is 2. The summed E-state index contributed by atoms with van der Waals surface area (Å²) >= 11 is 0. The first-order valence-corrected chi connectivity index (χ1v) is 9.15. The molecular weight excluding hydrogens is 340 g/mol. The number of esters is 2. The molecule has 2 aromatic carbocycles. The summed E-state index contributed by atoms with van der Waals surface area (Å²) in [4.78, 5) is 23.0. The molecule has 0 bridgehead atoms. The minimum absolute atomic E-state index is 0.501. The van der Waals surface area contributed by atoms with E-state index in [1.807, 2.05) is 48.5 Å². The van der Waals surface area contributed by atoms with E-state index in [4.69, 9.17) is 9.47 Å². The molecule has 0 amide bonds. The Balaban J connectivity index is 2.36. The lowest BCUT2D eigenvalue weighted by molar-refractivity contribution is -0.178. The van der Waals surface area contributed by atoms with Crippen LogP contribution in [0.2, 0.25) is 0 Å². The smallest absolute Gasteiger partial charge is 0.305 e. The Morgan fingerprint density at radius 3 is 2.00 bits per heavy atom. The fourth-order valence-corrected chi connectivity index (χ4v) is 2.79. The van der Waals surface area contributed by atoms with Crippen molar-refractivity contribution < 1.29 is 19.1 Å². The molecule has 142 valence electrons. The van der Waals surface area contributed by atoms with Crippen LogP contribution in [0, 0.1) is 0 Å². The van der Waals surface area contributed by atoms with Crippen LogP contribution in [0.3, 0.4) is 0 Å². The molecule has 0 aliphatic carbocycles. The molecule has 0 saturated heterocycles. The number of carbonyl (C=O) groups excluding carboxylic acids is 2. The van der Waals surface area contributed by atoms with E-state index in [2.05, 4.69) is 19.1 Å². The monoisotopic (exact) mass is 366 g/mol. The Labute approximate surface area is 160 Å². The molecule has 0 saturated carbocycles. The molecule has 0 aromatic heterocycles. The van der Waals surface area contributed by atoms with Crippen LogP contribution >= 0.6 is 0 Å². The Morgan fingerprint density at radius 2 is 1.48 bits per heavy atom. The van der Waals surface area contributed by atoms with Crippen LogP contribution in [0.25, 0.3) is 6.08 Å². The Morgan fingerprint density at radius 1 is 0.889 bits per heavy atom. The number of ether oxygens (including phenoxy) is 2. The van der Waals surface area contributed by atoms with Gasteiger partial charge in [-0.3, -0.25) is 9.59 Å². The average molecular weight is 366 g/mol. The highest BCUT2D eigenvalue weighted by molar-refractivity contribution is 5.69. The largest absolute Gasteiger partial charge is 0.421 e. The van der Waals surface area contributed by atoms with Crippen LogP contribution < -0.4 is 0 Å². The maximum absolute atomic E-state index is 11.5. The van der Waals surface area contributed by atoms with Gasteiger partial charge in [-0.1, -0.05) is 67.9 Å². The van der Waals surface area contributed by atoms with Gasteiger partial charge in [0.25, 0.3) is 6.29 Å². The number of benzene rings is 2. The molecule has 0 atom stereocenters. The van der Waals surface area contributed by atoms with Gasteiger partial charge in [-0.25, -0.2) is 0 Å². The molecule has 0 unspecified atom stereocenters. The highest BCUT2D eigenvalue weighted by atomic mass is 16.7. The second kappa shape index (κ2) is 10.3. The second-order valence-corrected chi connectivity index (χ2v) is 6.42. The Hall–Kier alpha value is -2.88. The van der Waals surface area contributed by atoms with Crippen LogP contribution in [-0.4, -0.2) is 18.2 Å². The minimum Gasteiger partial charge on any atom is -0.421 e. The summed E-state index contributed by atoms with van der Waals surface area (Å²) in [6.45, 7) is 4.75. The van der Waals surface area contributed by atoms with Crippen LogP contribution in [-0.2, 0) is 31.9 Å². The van der Waals surface area contributed by atoms with Crippen molar-refractivity contribution in [3.63, 3.8) is 0 Å². The van der Waals surface area contributed by atoms with Crippen molar-refractivity contribution >= 4 is 18.0 Å². The van der Waals surface area contributed by atoms with Gasteiger partial charge in [-0.2, -0.15) is 0 Å². The summed E-state index contributed by atoms with van der Waals surface area (Å²) < 4.78 is 10.6. The molecule has 0 aliphatic rings. The number of aryl methyl sites for hydroxylation is 1. The lowest BCUT2D eigenvalue weighted by Gasteiger charge is -2.20. The topological polar surface area (TPSA) is 52.6 Å². The van der Waals surface area contributed by atoms with E-state index in [9.17, 15) is 9.59 Å². The van der Waals surface area contributed by atoms with E-state index in [1.54, 1.807) is 0 Å². The third-order valence-corrected chi connectivity index (χ3v) is 3.97. The van der Waals surface area contributed by atoms with Crippen LogP contribution in [0.4, 0.5) is 0 Å². The number of hydrogen-bond donors (Lipinski definition) is 0. The van der Waals surface area contributed by atoms with E-state index in [0.29, 0.717) is 12.0 Å². The molecule has 0 heterocycles. The molecule has 0 spiro atoms. The summed E-state index contributed by atoms with van der Waals surface area (Å²) in [5, 5.41) is 0. The maximum atomic E-state index is 11.5. The van der Waals surface area contributed by atoms with Gasteiger partial charge in [0, 0.05) is 25.8 Å². The van der Waals surface area contributed by atoms with Crippen molar-refractivity contribution in [3.8, 4) is 0 Å². The minimum atomic E-state index is -1.05. The summed E-state index contributed by atoms with van der Waals surface area (Å²) in [5.41, 5.74) is 3.98. The molecule has 0 radical (unpaired) electrons. The van der Waals surface area contributed by atoms with Crippen molar-refractivity contribution in [1.29, 1.82) is 0 Å². The summed E-state index contributed by atoms with van der Waals surface area (Å²) in [5.74, 6) is -1.00. The third-order valence-electron chi connectivity index (χ3n) is 3.97. The number of hydrogen-bond acceptors (Lipinski definition) is 4. The van der Waals surface area contributed by atoms with Crippen molar-refractivity contribution in [2.45, 2.75) is 46.3 Å². The fourth-order valence-electron chi connectivity index (χ4n) is 2.79. The SMILES string of the molecule is CCCc1ccc(/C=C(\Cc2ccccc2)C(OC(C)=O)OC(C)=O)cc1. The third kappa shape index (κ3) is 7.10. The predicted octanol–water partition coefficient (Wildman–Crippen LogP) is 4.72. The zero-order chi connectivity index (χ0) is 19.6. The Kier molecular flexibility index (Phi) is 7.80. The maximum Gasteiger partial charge on any atom is 0.305 e. The van der Waals surface area contributed by atoms with Gasteiger partial charge >= 0.3 is 11.9 Å². The van der Waals surface area contributed by atoms with E-state index in [1.165, 1.54) is 19.4 Å². The van der Waals surface area contributed by atoms with E-state index in [0.717, 1.165) is 24.0 Å². The van der Waals surface area contributed by atoms with Gasteiger partial charge in [-0.05, 0) is 29.2 Å². The first kappa shape index (κ1) is 20.4. The molecule has 0 N–H and O–H groups in total. The van der Waals surface area contributed by atoms with Crippen LogP contribution in [0.15, 0.2) is 60.2 Å². The summed E-state index contributed by atoms with van der Waals surface area (Å²) in [7, 11) is 0. The summed E-state index contributed by atoms with van der Waals surface area (Å²) in [6.07, 6.45) is 3.50. The quantitative estimate of drug-likeness (QED) is 0.501. The lowest BCUT2D eigenvalue weighted by atomic mass is 10.0. The van der Waals surface area contributed by atoms with Gasteiger partial charge in [0.1, 0.15) is 0 Å². The summed E-state index contributed by atoms with van der Waals surface area (Å²) in [6, 6.07) is 18.0. The molecule has 4 heteroatoms. The highest BCUT2D eigenvalue weighted by Gasteiger charge is 2.21. The predicted molar refractivity (Wildman–Crippen MR) is 106 cm³/mol. The molecule has 27 heavy (non-hydrogen) atoms. The molecule has 0 fully saturated rings. The van der Waals surface area contributed by atoms with Crippen LogP contribution in [0.1, 0.15) is 43.9 Å². The van der Waals surface area contributed by atoms with E-state index in [-0.39, 0.29) is 0 Å². The van der Waals surface area contributed by atoms with Crippen LogP contribution in [0.5, 0.6) is 0 Å². The average Bonchev–Trinajstić information content (AvgIpc) is 2.62. The van der Waals surface area contributed by atoms with Gasteiger partial charge in [0.05, 0.1) is 0 Å². The van der Waals surface area contributed by atoms with Gasteiger partial charge in [0.2, 0.25) is 0 Å². The normalized spacial score (nSPS) is 11.3. The van der Waals surface area contributed by atoms with Crippen molar-refractivity contribution in [2.24, 2.45) is 0 Å². The first-order chi connectivity index (χ1) is 13.0. The molecule has 4 nitrogen and oxygen atoms in total. The molecule has 2 aromatic rings. The van der Waals surface area contributed by atoms with Crippen molar-refractivity contribution in [1.82, 2.24) is 0 Å². The van der Waals surface area contributed by atoms with E-state index < -0.39 is 18.2 Å². The molecule has 2 rings (SSSR count). The Bertz CT molecular complexity index is 760. The first-order valence-electron chi connectivity index (χ1n) is 9.15. The van der Waals surface area contributed by atoms with Gasteiger partial charge < -0.3 is 9.47 Å². The fraction of sp³-hybridized carbons (Fsp3) is 0.304. The van der Waals surface area contributed by atoms with Crippen molar-refractivity contribution in [2.75, 3.05) is 0 Å². The highest BCUT2D eigenvalue weighted by Crippen LogP contribution is 2.20. The molecule has 0 aliphatic heterocycles. The number of rotatable bonds is 8. The second-order valence-electron chi connectivity index (χ2n) is 6.42. The van der Waals surface area contributed by atoms with E-state index >= 15 is 0 Å². The zero-order valence-electron chi connectivity index (χ0n) is 16.1. The molecular formula is C23H26O4.